The maximum atomic E-state index is 13.4. The van der Waals surface area contributed by atoms with E-state index in [4.69, 9.17) is 4.74 Å². The first-order valence-corrected chi connectivity index (χ1v) is 10.3. The van der Waals surface area contributed by atoms with E-state index in [1.54, 1.807) is 4.90 Å². The molecule has 0 aromatic heterocycles. The SMILES string of the molecule is CCc1ccc(C(=O)N2C(C(=O)NCC(C)C)COC23CCCCC3)cc1. The molecule has 1 heterocycles. The van der Waals surface area contributed by atoms with Gasteiger partial charge in [-0.3, -0.25) is 14.5 Å². The normalized spacial score (nSPS) is 21.6. The van der Waals surface area contributed by atoms with Crippen LogP contribution in [0, 0.1) is 5.92 Å². The fraction of sp³-hybridized carbons (Fsp3) is 0.636. The first-order chi connectivity index (χ1) is 13.0. The molecule has 148 valence electrons. The summed E-state index contributed by atoms with van der Waals surface area (Å²) >= 11 is 0. The van der Waals surface area contributed by atoms with Gasteiger partial charge in [-0.25, -0.2) is 0 Å². The first-order valence-electron chi connectivity index (χ1n) is 10.3. The number of rotatable bonds is 5. The first kappa shape index (κ1) is 19.9. The summed E-state index contributed by atoms with van der Waals surface area (Å²) in [4.78, 5) is 28.0. The molecule has 1 saturated carbocycles. The van der Waals surface area contributed by atoms with Crippen LogP contribution in [-0.2, 0) is 16.0 Å². The van der Waals surface area contributed by atoms with Crippen LogP contribution in [0.2, 0.25) is 0 Å². The minimum Gasteiger partial charge on any atom is -0.354 e. The minimum atomic E-state index is -0.626. The Hall–Kier alpha value is -1.88. The third-order valence-corrected chi connectivity index (χ3v) is 5.71. The molecule has 2 amide bonds. The minimum absolute atomic E-state index is 0.0956. The molecule has 1 aromatic carbocycles. The molecule has 1 aliphatic carbocycles. The van der Waals surface area contributed by atoms with Crippen LogP contribution in [0.15, 0.2) is 24.3 Å². The Balaban J connectivity index is 1.87. The summed E-state index contributed by atoms with van der Waals surface area (Å²) < 4.78 is 6.17. The summed E-state index contributed by atoms with van der Waals surface area (Å²) in [6, 6.07) is 7.18. The number of ether oxygens (including phenoxy) is 1. The average Bonchev–Trinajstić information content (AvgIpc) is 3.04. The lowest BCUT2D eigenvalue weighted by Gasteiger charge is -2.41. The molecule has 0 radical (unpaired) electrons. The van der Waals surface area contributed by atoms with Crippen LogP contribution in [0.3, 0.4) is 0 Å². The van der Waals surface area contributed by atoms with Crippen molar-refractivity contribution in [3.8, 4) is 0 Å². The third kappa shape index (κ3) is 4.18. The van der Waals surface area contributed by atoms with Gasteiger partial charge in [-0.15, -0.1) is 0 Å². The van der Waals surface area contributed by atoms with Gasteiger partial charge in [-0.1, -0.05) is 39.3 Å². The van der Waals surface area contributed by atoms with Crippen LogP contribution >= 0.6 is 0 Å². The van der Waals surface area contributed by atoms with E-state index >= 15 is 0 Å². The van der Waals surface area contributed by atoms with E-state index in [-0.39, 0.29) is 18.4 Å². The zero-order chi connectivity index (χ0) is 19.4. The van der Waals surface area contributed by atoms with Crippen molar-refractivity contribution in [2.45, 2.75) is 71.1 Å². The number of amides is 2. The van der Waals surface area contributed by atoms with E-state index in [0.717, 1.165) is 38.5 Å². The van der Waals surface area contributed by atoms with E-state index in [9.17, 15) is 9.59 Å². The highest BCUT2D eigenvalue weighted by molar-refractivity contribution is 5.98. The van der Waals surface area contributed by atoms with E-state index in [0.29, 0.717) is 18.0 Å². The fourth-order valence-electron chi connectivity index (χ4n) is 4.12. The van der Waals surface area contributed by atoms with Gasteiger partial charge in [-0.2, -0.15) is 0 Å². The van der Waals surface area contributed by atoms with E-state index in [1.165, 1.54) is 5.56 Å². The summed E-state index contributed by atoms with van der Waals surface area (Å²) in [6.07, 6.45) is 5.76. The second-order valence-electron chi connectivity index (χ2n) is 8.20. The highest BCUT2D eigenvalue weighted by atomic mass is 16.5. The van der Waals surface area contributed by atoms with Gasteiger partial charge in [0.15, 0.2) is 0 Å². The van der Waals surface area contributed by atoms with Crippen molar-refractivity contribution in [3.05, 3.63) is 35.4 Å². The predicted molar refractivity (Wildman–Crippen MR) is 105 cm³/mol. The number of nitrogens with one attached hydrogen (secondary N) is 1. The number of aryl methyl sites for hydroxylation is 1. The Morgan fingerprint density at radius 1 is 1.19 bits per heavy atom. The summed E-state index contributed by atoms with van der Waals surface area (Å²) in [6.45, 7) is 7.11. The van der Waals surface area contributed by atoms with Gasteiger partial charge in [-0.05, 0) is 55.7 Å². The maximum Gasteiger partial charge on any atom is 0.256 e. The zero-order valence-electron chi connectivity index (χ0n) is 16.8. The zero-order valence-corrected chi connectivity index (χ0v) is 16.8. The van der Waals surface area contributed by atoms with Gasteiger partial charge in [0.1, 0.15) is 11.8 Å². The van der Waals surface area contributed by atoms with Crippen molar-refractivity contribution >= 4 is 11.8 Å². The van der Waals surface area contributed by atoms with Gasteiger partial charge in [0, 0.05) is 12.1 Å². The largest absolute Gasteiger partial charge is 0.354 e. The molecule has 1 N–H and O–H groups in total. The Morgan fingerprint density at radius 3 is 2.44 bits per heavy atom. The maximum absolute atomic E-state index is 13.4. The molecule has 1 atom stereocenters. The number of nitrogens with zero attached hydrogens (tertiary/aromatic N) is 1. The summed E-state index contributed by atoms with van der Waals surface area (Å²) in [5.74, 6) is 0.164. The Bertz CT molecular complexity index is 663. The second-order valence-corrected chi connectivity index (χ2v) is 8.20. The smallest absolute Gasteiger partial charge is 0.256 e. The van der Waals surface area contributed by atoms with Crippen LogP contribution in [0.5, 0.6) is 0 Å². The van der Waals surface area contributed by atoms with E-state index < -0.39 is 11.8 Å². The topological polar surface area (TPSA) is 58.6 Å². The molecule has 1 aromatic rings. The van der Waals surface area contributed by atoms with Gasteiger partial charge >= 0.3 is 0 Å². The van der Waals surface area contributed by atoms with Crippen molar-refractivity contribution in [2.24, 2.45) is 5.92 Å². The average molecular weight is 373 g/mol. The lowest BCUT2D eigenvalue weighted by atomic mass is 9.89. The summed E-state index contributed by atoms with van der Waals surface area (Å²) in [5, 5.41) is 2.99. The van der Waals surface area contributed by atoms with Crippen LogP contribution in [0.4, 0.5) is 0 Å². The monoisotopic (exact) mass is 372 g/mol. The lowest BCUT2D eigenvalue weighted by Crippen LogP contribution is -2.56. The third-order valence-electron chi connectivity index (χ3n) is 5.71. The molecule has 1 saturated heterocycles. The van der Waals surface area contributed by atoms with Crippen LogP contribution in [0.1, 0.15) is 68.8 Å². The predicted octanol–water partition coefficient (Wildman–Crippen LogP) is 3.52. The number of carbonyl (C=O) groups excluding carboxylic acids is 2. The molecular weight excluding hydrogens is 340 g/mol. The molecule has 5 heteroatoms. The van der Waals surface area contributed by atoms with Crippen molar-refractivity contribution in [2.75, 3.05) is 13.2 Å². The van der Waals surface area contributed by atoms with Gasteiger partial charge in [0.05, 0.1) is 6.61 Å². The molecule has 2 aliphatic rings. The molecule has 1 aliphatic heterocycles. The fourth-order valence-corrected chi connectivity index (χ4v) is 4.12. The van der Waals surface area contributed by atoms with Crippen LogP contribution < -0.4 is 5.32 Å². The molecule has 27 heavy (non-hydrogen) atoms. The molecule has 1 unspecified atom stereocenters. The number of hydrogen-bond acceptors (Lipinski definition) is 3. The van der Waals surface area contributed by atoms with Crippen molar-refractivity contribution < 1.29 is 14.3 Å². The quantitative estimate of drug-likeness (QED) is 0.860. The molecule has 3 rings (SSSR count). The highest BCUT2D eigenvalue weighted by Crippen LogP contribution is 2.41. The van der Waals surface area contributed by atoms with Gasteiger partial charge < -0.3 is 10.1 Å². The van der Waals surface area contributed by atoms with Crippen molar-refractivity contribution in [3.63, 3.8) is 0 Å². The van der Waals surface area contributed by atoms with Crippen molar-refractivity contribution in [1.29, 1.82) is 0 Å². The summed E-state index contributed by atoms with van der Waals surface area (Å²) in [5.41, 5.74) is 1.20. The molecular formula is C22H32N2O3. The van der Waals surface area contributed by atoms with Gasteiger partial charge in [0.25, 0.3) is 5.91 Å². The van der Waals surface area contributed by atoms with Crippen molar-refractivity contribution in [1.82, 2.24) is 10.2 Å². The number of benzene rings is 1. The Labute approximate surface area is 162 Å². The number of carbonyl (C=O) groups is 2. The number of hydrogen-bond donors (Lipinski definition) is 1. The Kier molecular flexibility index (Phi) is 6.20. The molecule has 1 spiro atoms. The highest BCUT2D eigenvalue weighted by Gasteiger charge is 2.52. The Morgan fingerprint density at radius 2 is 1.85 bits per heavy atom. The molecule has 5 nitrogen and oxygen atoms in total. The molecule has 2 fully saturated rings. The second kappa shape index (κ2) is 8.42. The molecule has 0 bridgehead atoms. The van der Waals surface area contributed by atoms with E-state index in [2.05, 4.69) is 26.1 Å². The van der Waals surface area contributed by atoms with Crippen LogP contribution in [-0.4, -0.2) is 41.6 Å². The van der Waals surface area contributed by atoms with Gasteiger partial charge in [0.2, 0.25) is 5.91 Å². The van der Waals surface area contributed by atoms with E-state index in [1.807, 2.05) is 24.3 Å². The lowest BCUT2D eigenvalue weighted by molar-refractivity contribution is -0.127. The standard InChI is InChI=1S/C22H32N2O3/c1-4-17-8-10-18(11-9-17)21(26)24-19(20(25)23-14-16(2)3)15-27-22(24)12-6-5-7-13-22/h8-11,16,19H,4-7,12-15H2,1-3H3,(H,23,25). The summed E-state index contributed by atoms with van der Waals surface area (Å²) in [7, 11) is 0. The van der Waals surface area contributed by atoms with Crippen LogP contribution in [0.25, 0.3) is 0 Å².